The summed E-state index contributed by atoms with van der Waals surface area (Å²) >= 11 is 0. The van der Waals surface area contributed by atoms with Crippen LogP contribution in [0.5, 0.6) is 11.5 Å². The number of hydrogen-bond donors (Lipinski definition) is 2. The Morgan fingerprint density at radius 3 is 2.00 bits per heavy atom. The van der Waals surface area contributed by atoms with Gasteiger partial charge in [-0.2, -0.15) is 0 Å². The fourth-order valence-corrected chi connectivity index (χ4v) is 2.49. The van der Waals surface area contributed by atoms with E-state index < -0.39 is 0 Å². The number of nitrogens with one attached hydrogen (secondary N) is 2. The lowest BCUT2D eigenvalue weighted by Gasteiger charge is -2.23. The van der Waals surface area contributed by atoms with E-state index in [4.69, 9.17) is 9.47 Å². The molecule has 24 heavy (non-hydrogen) atoms. The van der Waals surface area contributed by atoms with Gasteiger partial charge in [0.25, 0.3) is 0 Å². The highest BCUT2D eigenvalue weighted by atomic mass is 16.5. The van der Waals surface area contributed by atoms with Gasteiger partial charge in [-0.3, -0.25) is 0 Å². The highest BCUT2D eigenvalue weighted by molar-refractivity contribution is 6.02. The molecule has 2 aromatic carbocycles. The third-order valence-corrected chi connectivity index (χ3v) is 3.65. The second kappa shape index (κ2) is 7.25. The Morgan fingerprint density at radius 1 is 0.875 bits per heavy atom. The van der Waals surface area contributed by atoms with E-state index in [1.54, 1.807) is 32.4 Å². The number of urea groups is 1. The van der Waals surface area contributed by atoms with Crippen LogP contribution in [0.15, 0.2) is 42.5 Å². The molecule has 2 rings (SSSR count). The lowest BCUT2D eigenvalue weighted by Crippen LogP contribution is -2.23. The zero-order chi connectivity index (χ0) is 17.7. The van der Waals surface area contributed by atoms with E-state index in [9.17, 15) is 4.79 Å². The fourth-order valence-electron chi connectivity index (χ4n) is 2.49. The fraction of sp³-hybridized carbons (Fsp3) is 0.316. The molecule has 0 aliphatic heterocycles. The Bertz CT molecular complexity index is 699. The number of anilines is 2. The molecule has 128 valence electrons. The Hall–Kier alpha value is -2.69. The first-order valence-electron chi connectivity index (χ1n) is 7.75. The zero-order valence-corrected chi connectivity index (χ0v) is 14.8. The summed E-state index contributed by atoms with van der Waals surface area (Å²) in [5, 5.41) is 5.72. The summed E-state index contributed by atoms with van der Waals surface area (Å²) in [6.07, 6.45) is 0. The first-order valence-corrected chi connectivity index (χ1v) is 7.75. The standard InChI is InChI=1S/C19H24N2O3/c1-19(2,3)13-9-6-7-10-14(13)20-18(22)21-17-15(23-4)11-8-12-16(17)24-5/h6-12H,1-5H3,(H2,20,21,22). The molecule has 0 atom stereocenters. The first-order chi connectivity index (χ1) is 11.4. The van der Waals surface area contributed by atoms with Crippen molar-refractivity contribution in [3.8, 4) is 11.5 Å². The highest BCUT2D eigenvalue weighted by Gasteiger charge is 2.19. The van der Waals surface area contributed by atoms with Crippen molar-refractivity contribution in [2.75, 3.05) is 24.9 Å². The molecule has 0 spiro atoms. The Labute approximate surface area is 143 Å². The van der Waals surface area contributed by atoms with E-state index in [2.05, 4.69) is 31.4 Å². The highest BCUT2D eigenvalue weighted by Crippen LogP contribution is 2.34. The van der Waals surface area contributed by atoms with Crippen molar-refractivity contribution >= 4 is 17.4 Å². The molecule has 0 unspecified atom stereocenters. The maximum absolute atomic E-state index is 12.5. The number of para-hydroxylation sites is 2. The van der Waals surface area contributed by atoms with Crippen LogP contribution < -0.4 is 20.1 Å². The summed E-state index contributed by atoms with van der Waals surface area (Å²) in [5.74, 6) is 1.07. The summed E-state index contributed by atoms with van der Waals surface area (Å²) in [5.41, 5.74) is 2.25. The van der Waals surface area contributed by atoms with Crippen molar-refractivity contribution in [3.05, 3.63) is 48.0 Å². The van der Waals surface area contributed by atoms with E-state index in [-0.39, 0.29) is 11.4 Å². The van der Waals surface area contributed by atoms with Gasteiger partial charge in [-0.05, 0) is 29.2 Å². The summed E-state index contributed by atoms with van der Waals surface area (Å²) < 4.78 is 10.6. The van der Waals surface area contributed by atoms with E-state index in [1.807, 2.05) is 24.3 Å². The molecule has 0 aromatic heterocycles. The molecule has 0 aliphatic rings. The number of hydrogen-bond acceptors (Lipinski definition) is 3. The molecule has 2 N–H and O–H groups in total. The van der Waals surface area contributed by atoms with Gasteiger partial charge in [0, 0.05) is 5.69 Å². The van der Waals surface area contributed by atoms with Crippen LogP contribution in [-0.2, 0) is 5.41 Å². The maximum Gasteiger partial charge on any atom is 0.323 e. The summed E-state index contributed by atoms with van der Waals surface area (Å²) in [7, 11) is 3.10. The normalized spacial score (nSPS) is 10.9. The van der Waals surface area contributed by atoms with Crippen molar-refractivity contribution in [1.82, 2.24) is 0 Å². The van der Waals surface area contributed by atoms with Gasteiger partial charge in [0.05, 0.1) is 14.2 Å². The average Bonchev–Trinajstić information content (AvgIpc) is 2.54. The van der Waals surface area contributed by atoms with Crippen LogP contribution in [0.2, 0.25) is 0 Å². The van der Waals surface area contributed by atoms with Crippen molar-refractivity contribution in [2.45, 2.75) is 26.2 Å². The molecular weight excluding hydrogens is 304 g/mol. The molecule has 0 bridgehead atoms. The molecule has 0 heterocycles. The van der Waals surface area contributed by atoms with Crippen LogP contribution in [0, 0.1) is 0 Å². The zero-order valence-electron chi connectivity index (χ0n) is 14.8. The van der Waals surface area contributed by atoms with Gasteiger partial charge in [0.15, 0.2) is 0 Å². The van der Waals surface area contributed by atoms with E-state index in [0.717, 1.165) is 11.3 Å². The minimum absolute atomic E-state index is 0.0774. The van der Waals surface area contributed by atoms with Crippen molar-refractivity contribution in [1.29, 1.82) is 0 Å². The van der Waals surface area contributed by atoms with Crippen LogP contribution in [-0.4, -0.2) is 20.3 Å². The molecule has 2 aromatic rings. The molecule has 5 heteroatoms. The number of carbonyl (C=O) groups excluding carboxylic acids is 1. The Morgan fingerprint density at radius 2 is 1.46 bits per heavy atom. The minimum Gasteiger partial charge on any atom is -0.494 e. The average molecular weight is 328 g/mol. The van der Waals surface area contributed by atoms with Gasteiger partial charge in [-0.15, -0.1) is 0 Å². The van der Waals surface area contributed by atoms with E-state index in [0.29, 0.717) is 17.2 Å². The molecule has 0 saturated carbocycles. The number of benzene rings is 2. The maximum atomic E-state index is 12.5. The van der Waals surface area contributed by atoms with Crippen molar-refractivity contribution in [2.24, 2.45) is 0 Å². The SMILES string of the molecule is COc1cccc(OC)c1NC(=O)Nc1ccccc1C(C)(C)C. The Balaban J connectivity index is 2.25. The smallest absolute Gasteiger partial charge is 0.323 e. The lowest BCUT2D eigenvalue weighted by atomic mass is 9.86. The van der Waals surface area contributed by atoms with Gasteiger partial charge in [-0.25, -0.2) is 4.79 Å². The number of methoxy groups -OCH3 is 2. The van der Waals surface area contributed by atoms with Gasteiger partial charge < -0.3 is 20.1 Å². The predicted octanol–water partition coefficient (Wildman–Crippen LogP) is 4.65. The summed E-state index contributed by atoms with van der Waals surface area (Å²) in [6, 6.07) is 12.7. The summed E-state index contributed by atoms with van der Waals surface area (Å²) in [4.78, 5) is 12.5. The molecule has 0 fully saturated rings. The van der Waals surface area contributed by atoms with Crippen molar-refractivity contribution < 1.29 is 14.3 Å². The third-order valence-electron chi connectivity index (χ3n) is 3.65. The number of carbonyl (C=O) groups is 1. The molecule has 0 aliphatic carbocycles. The van der Waals surface area contributed by atoms with Crippen LogP contribution in [0.4, 0.5) is 16.2 Å². The molecule has 0 saturated heterocycles. The molecular formula is C19H24N2O3. The number of ether oxygens (including phenoxy) is 2. The van der Waals surface area contributed by atoms with E-state index >= 15 is 0 Å². The first kappa shape index (κ1) is 17.7. The largest absolute Gasteiger partial charge is 0.494 e. The van der Waals surface area contributed by atoms with Gasteiger partial charge in [0.2, 0.25) is 0 Å². The molecule has 0 radical (unpaired) electrons. The van der Waals surface area contributed by atoms with Gasteiger partial charge >= 0.3 is 6.03 Å². The predicted molar refractivity (Wildman–Crippen MR) is 97.3 cm³/mol. The van der Waals surface area contributed by atoms with Crippen LogP contribution in [0.1, 0.15) is 26.3 Å². The quantitative estimate of drug-likeness (QED) is 0.859. The third kappa shape index (κ3) is 3.98. The topological polar surface area (TPSA) is 59.6 Å². The minimum atomic E-state index is -0.352. The van der Waals surface area contributed by atoms with Crippen molar-refractivity contribution in [3.63, 3.8) is 0 Å². The molecule has 5 nitrogen and oxygen atoms in total. The number of rotatable bonds is 4. The van der Waals surface area contributed by atoms with Gasteiger partial charge in [0.1, 0.15) is 17.2 Å². The molecule has 2 amide bonds. The van der Waals surface area contributed by atoms with Crippen LogP contribution in [0.3, 0.4) is 0 Å². The van der Waals surface area contributed by atoms with Gasteiger partial charge in [-0.1, -0.05) is 45.0 Å². The second-order valence-electron chi connectivity index (χ2n) is 6.41. The monoisotopic (exact) mass is 328 g/mol. The lowest BCUT2D eigenvalue weighted by molar-refractivity contribution is 0.262. The van der Waals surface area contributed by atoms with Crippen LogP contribution >= 0.6 is 0 Å². The Kier molecular flexibility index (Phi) is 5.34. The van der Waals surface area contributed by atoms with Crippen LogP contribution in [0.25, 0.3) is 0 Å². The summed E-state index contributed by atoms with van der Waals surface area (Å²) in [6.45, 7) is 6.32. The second-order valence-corrected chi connectivity index (χ2v) is 6.41. The number of amides is 2. The van der Waals surface area contributed by atoms with E-state index in [1.165, 1.54) is 0 Å².